The van der Waals surface area contributed by atoms with Crippen molar-refractivity contribution in [3.63, 3.8) is 0 Å². The molecular weight excluding hydrogens is 412 g/mol. The summed E-state index contributed by atoms with van der Waals surface area (Å²) in [6.07, 6.45) is 1.55. The lowest BCUT2D eigenvalue weighted by Crippen LogP contribution is -2.37. The summed E-state index contributed by atoms with van der Waals surface area (Å²) < 4.78 is 2.15. The maximum Gasteiger partial charge on any atom is 0.329 e. The molecule has 1 heterocycles. The highest BCUT2D eigenvalue weighted by Crippen LogP contribution is 2.23. The predicted octanol–water partition coefficient (Wildman–Crippen LogP) is 4.13. The van der Waals surface area contributed by atoms with Crippen LogP contribution in [0.3, 0.4) is 0 Å². The zero-order valence-electron chi connectivity index (χ0n) is 18.0. The van der Waals surface area contributed by atoms with Crippen molar-refractivity contribution in [3.05, 3.63) is 87.2 Å². The number of nitrogens with zero attached hydrogens (tertiary/aromatic N) is 2. The van der Waals surface area contributed by atoms with Crippen molar-refractivity contribution in [1.82, 2.24) is 15.3 Å². The monoisotopic (exact) mass is 436 g/mol. The first kappa shape index (κ1) is 22.3. The van der Waals surface area contributed by atoms with E-state index in [0.29, 0.717) is 5.02 Å². The number of benzene rings is 2. The summed E-state index contributed by atoms with van der Waals surface area (Å²) in [6, 6.07) is 15.3. The maximum absolute atomic E-state index is 12.0. The second kappa shape index (κ2) is 9.62. The summed E-state index contributed by atoms with van der Waals surface area (Å²) in [5.41, 5.74) is 9.52. The van der Waals surface area contributed by atoms with Crippen LogP contribution in [0.1, 0.15) is 33.6 Å². The molecule has 0 spiro atoms. The maximum atomic E-state index is 12.0. The molecule has 0 bridgehead atoms. The van der Waals surface area contributed by atoms with Crippen molar-refractivity contribution in [1.29, 1.82) is 0 Å². The van der Waals surface area contributed by atoms with Gasteiger partial charge in [0.15, 0.2) is 0 Å². The molecule has 0 saturated carbocycles. The van der Waals surface area contributed by atoms with Gasteiger partial charge < -0.3 is 9.88 Å². The Bertz CT molecular complexity index is 1150. The molecule has 2 aromatic carbocycles. The Kier molecular flexibility index (Phi) is 6.92. The average Bonchev–Trinajstić information content (AvgIpc) is 3.00. The van der Waals surface area contributed by atoms with Crippen LogP contribution in [0.25, 0.3) is 5.69 Å². The Morgan fingerprint density at radius 1 is 1.00 bits per heavy atom. The third-order valence-corrected chi connectivity index (χ3v) is 5.26. The van der Waals surface area contributed by atoms with Gasteiger partial charge in [0.1, 0.15) is 0 Å². The molecule has 3 rings (SSSR count). The van der Waals surface area contributed by atoms with E-state index in [4.69, 9.17) is 11.6 Å². The number of halogens is 1. The Labute approximate surface area is 186 Å². The van der Waals surface area contributed by atoms with Crippen molar-refractivity contribution in [2.45, 2.75) is 34.2 Å². The van der Waals surface area contributed by atoms with Crippen LogP contribution in [0.5, 0.6) is 0 Å². The fourth-order valence-corrected chi connectivity index (χ4v) is 3.55. The minimum absolute atomic E-state index is 0.226. The summed E-state index contributed by atoms with van der Waals surface area (Å²) in [4.78, 5) is 24.0. The van der Waals surface area contributed by atoms with E-state index in [1.807, 2.05) is 19.9 Å². The van der Waals surface area contributed by atoms with Crippen LogP contribution in [-0.2, 0) is 16.1 Å². The summed E-state index contributed by atoms with van der Waals surface area (Å²) in [5.74, 6) is -1.58. The number of amides is 2. The molecule has 0 atom stereocenters. The first-order valence-corrected chi connectivity index (χ1v) is 10.3. The van der Waals surface area contributed by atoms with Crippen LogP contribution in [0, 0.1) is 27.7 Å². The van der Waals surface area contributed by atoms with Gasteiger partial charge in [0.05, 0.1) is 6.21 Å². The average molecular weight is 437 g/mol. The second-order valence-corrected chi connectivity index (χ2v) is 7.90. The lowest BCUT2D eigenvalue weighted by Gasteiger charge is -2.13. The van der Waals surface area contributed by atoms with E-state index in [0.717, 1.165) is 28.2 Å². The van der Waals surface area contributed by atoms with Crippen LogP contribution in [0.4, 0.5) is 0 Å². The number of carbonyl (C=O) groups excluding carboxylic acids is 2. The number of hydrazone groups is 1. The van der Waals surface area contributed by atoms with Crippen LogP contribution in [-0.4, -0.2) is 22.6 Å². The van der Waals surface area contributed by atoms with E-state index < -0.39 is 11.8 Å². The van der Waals surface area contributed by atoms with E-state index >= 15 is 0 Å². The third-order valence-electron chi connectivity index (χ3n) is 5.01. The Morgan fingerprint density at radius 2 is 1.71 bits per heavy atom. The quantitative estimate of drug-likeness (QED) is 0.358. The Balaban J connectivity index is 1.63. The molecule has 0 fully saturated rings. The molecule has 7 heteroatoms. The number of aromatic nitrogens is 1. The van der Waals surface area contributed by atoms with Crippen molar-refractivity contribution >= 4 is 29.6 Å². The molecule has 0 radical (unpaired) electrons. The lowest BCUT2D eigenvalue weighted by atomic mass is 10.1. The minimum Gasteiger partial charge on any atom is -0.344 e. The van der Waals surface area contributed by atoms with Crippen LogP contribution >= 0.6 is 11.6 Å². The summed E-state index contributed by atoms with van der Waals surface area (Å²) in [5, 5.41) is 7.12. The highest BCUT2D eigenvalue weighted by atomic mass is 35.5. The summed E-state index contributed by atoms with van der Waals surface area (Å²) in [6.45, 7) is 8.39. The van der Waals surface area contributed by atoms with E-state index in [9.17, 15) is 9.59 Å². The first-order valence-electron chi connectivity index (χ1n) is 9.88. The number of carbonyl (C=O) groups is 2. The molecule has 0 saturated heterocycles. The summed E-state index contributed by atoms with van der Waals surface area (Å²) in [7, 11) is 0. The fraction of sp³-hybridized carbons (Fsp3) is 0.208. The van der Waals surface area contributed by atoms with Crippen molar-refractivity contribution in [2.24, 2.45) is 5.10 Å². The standard InChI is InChI=1S/C24H25ClN4O2/c1-15-5-10-22(16(2)11-15)29-17(3)12-20(18(29)4)14-27-28-24(31)23(30)26-13-19-6-8-21(25)9-7-19/h5-12,14H,13H2,1-4H3,(H,26,30)(H,28,31)/b27-14-. The van der Waals surface area contributed by atoms with Gasteiger partial charge in [0, 0.05) is 34.2 Å². The molecule has 1 aromatic heterocycles. The van der Waals surface area contributed by atoms with Gasteiger partial charge in [-0.05, 0) is 63.1 Å². The number of aryl methyl sites for hydroxylation is 3. The molecule has 0 unspecified atom stereocenters. The SMILES string of the molecule is Cc1ccc(-n2c(C)cc(/C=N\NC(=O)C(=O)NCc3ccc(Cl)cc3)c2C)c(C)c1. The van der Waals surface area contributed by atoms with Crippen molar-refractivity contribution in [2.75, 3.05) is 0 Å². The molecule has 6 nitrogen and oxygen atoms in total. The van der Waals surface area contributed by atoms with Crippen LogP contribution < -0.4 is 10.7 Å². The largest absolute Gasteiger partial charge is 0.344 e. The highest BCUT2D eigenvalue weighted by molar-refractivity contribution is 6.35. The zero-order chi connectivity index (χ0) is 22.5. The Morgan fingerprint density at radius 3 is 2.39 bits per heavy atom. The van der Waals surface area contributed by atoms with E-state index in [1.165, 1.54) is 11.1 Å². The van der Waals surface area contributed by atoms with Crippen molar-refractivity contribution in [3.8, 4) is 5.69 Å². The molecule has 31 heavy (non-hydrogen) atoms. The zero-order valence-corrected chi connectivity index (χ0v) is 18.7. The Hall–Kier alpha value is -3.38. The van der Waals surface area contributed by atoms with E-state index in [1.54, 1.807) is 30.5 Å². The fourth-order valence-electron chi connectivity index (χ4n) is 3.42. The van der Waals surface area contributed by atoms with Gasteiger partial charge in [0.25, 0.3) is 0 Å². The number of rotatable bonds is 5. The van der Waals surface area contributed by atoms with Gasteiger partial charge in [-0.15, -0.1) is 0 Å². The smallest absolute Gasteiger partial charge is 0.329 e. The van der Waals surface area contributed by atoms with Crippen LogP contribution in [0.15, 0.2) is 53.6 Å². The normalized spacial score (nSPS) is 11.0. The van der Waals surface area contributed by atoms with Gasteiger partial charge in [0.2, 0.25) is 0 Å². The summed E-state index contributed by atoms with van der Waals surface area (Å²) >= 11 is 5.83. The minimum atomic E-state index is -0.826. The van der Waals surface area contributed by atoms with Gasteiger partial charge >= 0.3 is 11.8 Å². The van der Waals surface area contributed by atoms with Crippen molar-refractivity contribution < 1.29 is 9.59 Å². The second-order valence-electron chi connectivity index (χ2n) is 7.46. The van der Waals surface area contributed by atoms with Gasteiger partial charge in [-0.1, -0.05) is 41.4 Å². The van der Waals surface area contributed by atoms with Gasteiger partial charge in [-0.2, -0.15) is 5.10 Å². The molecule has 2 amide bonds. The first-order chi connectivity index (χ1) is 14.8. The molecule has 0 aliphatic carbocycles. The van der Waals surface area contributed by atoms with Gasteiger partial charge in [-0.25, -0.2) is 5.43 Å². The molecule has 3 aromatic rings. The topological polar surface area (TPSA) is 75.5 Å². The van der Waals surface area contributed by atoms with E-state index in [-0.39, 0.29) is 6.54 Å². The molecule has 2 N–H and O–H groups in total. The molecule has 160 valence electrons. The van der Waals surface area contributed by atoms with Crippen LogP contribution in [0.2, 0.25) is 5.02 Å². The highest BCUT2D eigenvalue weighted by Gasteiger charge is 2.13. The number of nitrogens with one attached hydrogen (secondary N) is 2. The molecule has 0 aliphatic heterocycles. The van der Waals surface area contributed by atoms with E-state index in [2.05, 4.69) is 52.5 Å². The molecular formula is C24H25ClN4O2. The number of hydrogen-bond acceptors (Lipinski definition) is 3. The van der Waals surface area contributed by atoms with Gasteiger partial charge in [-0.3, -0.25) is 9.59 Å². The lowest BCUT2D eigenvalue weighted by molar-refractivity contribution is -0.139. The predicted molar refractivity (Wildman–Crippen MR) is 124 cm³/mol. The number of hydrogen-bond donors (Lipinski definition) is 2. The molecule has 0 aliphatic rings. The third kappa shape index (κ3) is 5.41.